The molecule has 0 unspecified atom stereocenters. The summed E-state index contributed by atoms with van der Waals surface area (Å²) in [6.07, 6.45) is 0. The van der Waals surface area contributed by atoms with Gasteiger partial charge in [0, 0.05) is 20.0 Å². The molecule has 0 atom stereocenters. The van der Waals surface area contributed by atoms with Gasteiger partial charge < -0.3 is 15.0 Å². The molecule has 0 bridgehead atoms. The lowest BCUT2D eigenvalue weighted by Gasteiger charge is -2.24. The second-order valence-corrected chi connectivity index (χ2v) is 9.33. The summed E-state index contributed by atoms with van der Waals surface area (Å²) in [6, 6.07) is 7.72. The molecule has 1 aliphatic heterocycles. The second kappa shape index (κ2) is 7.60. The third kappa shape index (κ3) is 4.23. The number of anilines is 3. The van der Waals surface area contributed by atoms with Crippen LogP contribution in [0.5, 0.6) is 5.75 Å². The van der Waals surface area contributed by atoms with Crippen molar-refractivity contribution in [1.29, 1.82) is 0 Å². The molecule has 2 aromatic rings. The number of hydrogen-bond donors (Lipinski definition) is 2. The SMILES string of the molecule is CC(=O)Nc1ccc(S(=O)(=O)Nc2ccc3c(c2)OCC(C)(C)C(=O)N3C)cc1F. The van der Waals surface area contributed by atoms with Gasteiger partial charge in [0.25, 0.3) is 10.0 Å². The fourth-order valence-electron chi connectivity index (χ4n) is 3.02. The van der Waals surface area contributed by atoms with Gasteiger partial charge in [0.15, 0.2) is 0 Å². The zero-order valence-corrected chi connectivity index (χ0v) is 17.8. The van der Waals surface area contributed by atoms with Gasteiger partial charge >= 0.3 is 0 Å². The topological polar surface area (TPSA) is 105 Å². The third-order valence-electron chi connectivity index (χ3n) is 4.61. The van der Waals surface area contributed by atoms with Crippen LogP contribution in [0.4, 0.5) is 21.5 Å². The molecule has 1 aliphatic rings. The first-order chi connectivity index (χ1) is 13.9. The predicted octanol–water partition coefficient (Wildman–Crippen LogP) is 2.97. The molecule has 2 N–H and O–H groups in total. The van der Waals surface area contributed by atoms with Gasteiger partial charge in [-0.3, -0.25) is 14.3 Å². The number of ether oxygens (including phenoxy) is 1. The van der Waals surface area contributed by atoms with Crippen LogP contribution in [0.1, 0.15) is 20.8 Å². The van der Waals surface area contributed by atoms with Crippen molar-refractivity contribution in [3.05, 3.63) is 42.2 Å². The molecule has 0 saturated heterocycles. The lowest BCUT2D eigenvalue weighted by atomic mass is 9.93. The molecule has 3 rings (SSSR count). The van der Waals surface area contributed by atoms with E-state index in [1.54, 1.807) is 27.0 Å². The molecule has 30 heavy (non-hydrogen) atoms. The Hall–Kier alpha value is -3.14. The van der Waals surface area contributed by atoms with Gasteiger partial charge in [-0.2, -0.15) is 0 Å². The number of amides is 2. The molecule has 1 heterocycles. The molecule has 0 fully saturated rings. The number of nitrogens with one attached hydrogen (secondary N) is 2. The third-order valence-corrected chi connectivity index (χ3v) is 5.99. The first-order valence-electron chi connectivity index (χ1n) is 9.06. The van der Waals surface area contributed by atoms with Crippen molar-refractivity contribution in [1.82, 2.24) is 0 Å². The zero-order chi connectivity index (χ0) is 22.3. The van der Waals surface area contributed by atoms with Crippen LogP contribution in [0.25, 0.3) is 0 Å². The van der Waals surface area contributed by atoms with E-state index in [2.05, 4.69) is 10.0 Å². The highest BCUT2D eigenvalue weighted by molar-refractivity contribution is 7.92. The molecule has 0 saturated carbocycles. The molecule has 8 nitrogen and oxygen atoms in total. The Labute approximate surface area is 174 Å². The van der Waals surface area contributed by atoms with E-state index in [1.165, 1.54) is 36.1 Å². The highest BCUT2D eigenvalue weighted by atomic mass is 32.2. The van der Waals surface area contributed by atoms with Gasteiger partial charge in [0.2, 0.25) is 11.8 Å². The average molecular weight is 435 g/mol. The molecule has 0 aliphatic carbocycles. The van der Waals surface area contributed by atoms with Crippen LogP contribution < -0.4 is 19.7 Å². The summed E-state index contributed by atoms with van der Waals surface area (Å²) in [7, 11) is -2.48. The van der Waals surface area contributed by atoms with Crippen molar-refractivity contribution in [3.8, 4) is 5.75 Å². The first-order valence-corrected chi connectivity index (χ1v) is 10.5. The normalized spacial score (nSPS) is 15.6. The molecular weight excluding hydrogens is 413 g/mol. The maximum absolute atomic E-state index is 14.1. The molecule has 0 radical (unpaired) electrons. The maximum atomic E-state index is 14.1. The lowest BCUT2D eigenvalue weighted by Crippen LogP contribution is -2.39. The average Bonchev–Trinajstić information content (AvgIpc) is 2.73. The van der Waals surface area contributed by atoms with Gasteiger partial charge in [-0.05, 0) is 44.2 Å². The summed E-state index contributed by atoms with van der Waals surface area (Å²) in [6.45, 7) is 4.88. The van der Waals surface area contributed by atoms with E-state index in [1.807, 2.05) is 0 Å². The Morgan fingerprint density at radius 2 is 1.90 bits per heavy atom. The molecular formula is C20H22FN3O5S. The molecule has 0 aromatic heterocycles. The first kappa shape index (κ1) is 21.6. The zero-order valence-electron chi connectivity index (χ0n) is 16.9. The second-order valence-electron chi connectivity index (χ2n) is 7.65. The van der Waals surface area contributed by atoms with Crippen molar-refractivity contribution in [2.45, 2.75) is 25.7 Å². The van der Waals surface area contributed by atoms with Crippen molar-refractivity contribution < 1.29 is 27.1 Å². The number of halogens is 1. The van der Waals surface area contributed by atoms with Gasteiger partial charge in [-0.15, -0.1) is 0 Å². The number of carbonyl (C=O) groups excluding carboxylic acids is 2. The Morgan fingerprint density at radius 3 is 2.53 bits per heavy atom. The highest BCUT2D eigenvalue weighted by Crippen LogP contribution is 2.37. The quantitative estimate of drug-likeness (QED) is 0.768. The Kier molecular flexibility index (Phi) is 5.46. The minimum atomic E-state index is -4.10. The maximum Gasteiger partial charge on any atom is 0.262 e. The summed E-state index contributed by atoms with van der Waals surface area (Å²) in [5, 5.41) is 2.28. The fourth-order valence-corrected chi connectivity index (χ4v) is 4.08. The number of fused-ring (bicyclic) bond motifs is 1. The monoisotopic (exact) mass is 435 g/mol. The molecule has 2 amide bonds. The van der Waals surface area contributed by atoms with E-state index in [0.717, 1.165) is 6.07 Å². The smallest absolute Gasteiger partial charge is 0.262 e. The van der Waals surface area contributed by atoms with E-state index in [4.69, 9.17) is 4.74 Å². The van der Waals surface area contributed by atoms with E-state index in [0.29, 0.717) is 11.4 Å². The lowest BCUT2D eigenvalue weighted by molar-refractivity contribution is -0.127. The fraction of sp³-hybridized carbons (Fsp3) is 0.300. The van der Waals surface area contributed by atoms with Crippen molar-refractivity contribution in [2.24, 2.45) is 5.41 Å². The largest absolute Gasteiger partial charge is 0.490 e. The van der Waals surface area contributed by atoms with Crippen molar-refractivity contribution in [3.63, 3.8) is 0 Å². The van der Waals surface area contributed by atoms with Crippen LogP contribution in [0, 0.1) is 11.2 Å². The highest BCUT2D eigenvalue weighted by Gasteiger charge is 2.36. The van der Waals surface area contributed by atoms with Crippen LogP contribution in [-0.4, -0.2) is 33.9 Å². The number of nitrogens with zero attached hydrogens (tertiary/aromatic N) is 1. The Morgan fingerprint density at radius 1 is 1.20 bits per heavy atom. The number of hydrogen-bond acceptors (Lipinski definition) is 5. The van der Waals surface area contributed by atoms with Crippen molar-refractivity contribution in [2.75, 3.05) is 28.6 Å². The van der Waals surface area contributed by atoms with Gasteiger partial charge in [0.05, 0.1) is 27.4 Å². The number of sulfonamides is 1. The molecule has 2 aromatic carbocycles. The van der Waals surface area contributed by atoms with Gasteiger partial charge in [-0.1, -0.05) is 0 Å². The Balaban J connectivity index is 1.88. The van der Waals surface area contributed by atoms with E-state index < -0.39 is 27.2 Å². The van der Waals surface area contributed by atoms with Crippen LogP contribution >= 0.6 is 0 Å². The molecule has 0 spiro atoms. The van der Waals surface area contributed by atoms with Crippen LogP contribution in [0.3, 0.4) is 0 Å². The summed E-state index contributed by atoms with van der Waals surface area (Å²) in [5.41, 5.74) is -0.143. The summed E-state index contributed by atoms with van der Waals surface area (Å²) >= 11 is 0. The minimum absolute atomic E-state index is 0.116. The van der Waals surface area contributed by atoms with Crippen LogP contribution in [-0.2, 0) is 19.6 Å². The predicted molar refractivity (Wildman–Crippen MR) is 111 cm³/mol. The summed E-state index contributed by atoms with van der Waals surface area (Å²) in [5.74, 6) is -1.12. The van der Waals surface area contributed by atoms with E-state index in [9.17, 15) is 22.4 Å². The Bertz CT molecular complexity index is 1130. The van der Waals surface area contributed by atoms with Crippen molar-refractivity contribution >= 4 is 38.9 Å². The van der Waals surface area contributed by atoms with Gasteiger partial charge in [-0.25, -0.2) is 12.8 Å². The summed E-state index contributed by atoms with van der Waals surface area (Å²) in [4.78, 5) is 24.8. The number of carbonyl (C=O) groups is 2. The molecule has 160 valence electrons. The number of rotatable bonds is 4. The van der Waals surface area contributed by atoms with Gasteiger partial charge in [0.1, 0.15) is 18.2 Å². The van der Waals surface area contributed by atoms with E-state index in [-0.39, 0.29) is 28.8 Å². The standard InChI is InChI=1S/C20H22FN3O5S/c1-12(25)22-16-7-6-14(10-15(16)21)30(27,28)23-13-5-8-17-18(9-13)29-11-20(2,3)19(26)24(17)4/h5-10,23H,11H2,1-4H3,(H,22,25). The van der Waals surface area contributed by atoms with Crippen LogP contribution in [0.2, 0.25) is 0 Å². The van der Waals surface area contributed by atoms with E-state index >= 15 is 0 Å². The molecule has 10 heteroatoms. The summed E-state index contributed by atoms with van der Waals surface area (Å²) < 4.78 is 47.6. The minimum Gasteiger partial charge on any atom is -0.490 e. The number of benzene rings is 2. The van der Waals surface area contributed by atoms with Crippen LogP contribution in [0.15, 0.2) is 41.3 Å².